The summed E-state index contributed by atoms with van der Waals surface area (Å²) in [7, 11) is 0. The summed E-state index contributed by atoms with van der Waals surface area (Å²) in [6.07, 6.45) is 6.20. The van der Waals surface area contributed by atoms with Gasteiger partial charge in [-0.05, 0) is 64.7 Å². The summed E-state index contributed by atoms with van der Waals surface area (Å²) >= 11 is 0. The number of aromatic amines is 2. The van der Waals surface area contributed by atoms with Gasteiger partial charge in [0, 0.05) is 51.2 Å². The predicted octanol–water partition coefficient (Wildman–Crippen LogP) is 10.8. The minimum atomic E-state index is -0.172. The van der Waals surface area contributed by atoms with Crippen molar-refractivity contribution >= 4 is 51.9 Å². The van der Waals surface area contributed by atoms with Gasteiger partial charge < -0.3 is 15.3 Å². The van der Waals surface area contributed by atoms with Crippen LogP contribution in [0.25, 0.3) is 90.5 Å². The molecule has 2 aliphatic heterocycles. The van der Waals surface area contributed by atoms with Crippen LogP contribution in [0.4, 0.5) is 0 Å². The number of aromatic nitrogens is 4. The molecule has 0 radical (unpaired) electrons. The van der Waals surface area contributed by atoms with Crippen LogP contribution in [0.3, 0.4) is 0 Å². The number of hydrogen-bond donors (Lipinski definition) is 3. The van der Waals surface area contributed by atoms with Crippen LogP contribution in [0.5, 0.6) is 0 Å². The molecule has 248 valence electrons. The average molecular weight is 672 g/mol. The topological polar surface area (TPSA) is 86.5 Å². The van der Waals surface area contributed by atoms with Crippen molar-refractivity contribution in [2.45, 2.75) is 6.92 Å². The lowest BCUT2D eigenvalue weighted by Gasteiger charge is -2.09. The summed E-state index contributed by atoms with van der Waals surface area (Å²) in [6, 6.07) is 49.6. The Morgan fingerprint density at radius 3 is 1.23 bits per heavy atom. The number of amides is 1. The molecule has 1 amide bonds. The lowest BCUT2D eigenvalue weighted by molar-refractivity contribution is -0.117. The normalized spacial score (nSPS) is 12.1. The van der Waals surface area contributed by atoms with Crippen LogP contribution >= 0.6 is 0 Å². The first-order valence-electron chi connectivity index (χ1n) is 17.3. The second-order valence-electron chi connectivity index (χ2n) is 12.8. The molecule has 9 rings (SSSR count). The maximum atomic E-state index is 12.8. The van der Waals surface area contributed by atoms with Crippen molar-refractivity contribution in [3.05, 3.63) is 168 Å². The molecule has 0 saturated heterocycles. The van der Waals surface area contributed by atoms with Crippen LogP contribution in [0, 0.1) is 0 Å². The minimum absolute atomic E-state index is 0.172. The number of nitrogens with one attached hydrogen (secondary N) is 3. The van der Waals surface area contributed by atoms with Gasteiger partial charge in [-0.15, -0.1) is 0 Å². The first kappa shape index (κ1) is 31.0. The van der Waals surface area contributed by atoms with Gasteiger partial charge in [-0.1, -0.05) is 121 Å². The molecular weight excluding hydrogens is 639 g/mol. The van der Waals surface area contributed by atoms with E-state index in [-0.39, 0.29) is 5.91 Å². The van der Waals surface area contributed by atoms with E-state index in [1.54, 1.807) is 0 Å². The second-order valence-corrected chi connectivity index (χ2v) is 12.8. The minimum Gasteiger partial charge on any atom is -0.354 e. The first-order chi connectivity index (χ1) is 25.6. The van der Waals surface area contributed by atoms with Crippen molar-refractivity contribution < 1.29 is 4.79 Å². The van der Waals surface area contributed by atoms with E-state index in [1.165, 1.54) is 6.92 Å². The van der Waals surface area contributed by atoms with Crippen LogP contribution < -0.4 is 5.32 Å². The highest BCUT2D eigenvalue weighted by atomic mass is 16.1. The standard InChI is InChI=1S/C46H33N5O/c1-29(52)47-41-28-40-44(32-18-10-4-11-19-32)38-25-24-36(49-38)42(30-14-6-2-7-15-30)34-22-23-35(48-34)43(31-16-8-3-9-17-31)37-26-27-39(50-37)45(46(41)51-40)33-20-12-5-13-21-33/h2-28,49-50H,1H3,(H,47,52). The van der Waals surface area contributed by atoms with E-state index < -0.39 is 0 Å². The molecule has 3 aromatic heterocycles. The van der Waals surface area contributed by atoms with Gasteiger partial charge >= 0.3 is 0 Å². The molecule has 7 aromatic rings. The molecule has 3 N–H and O–H groups in total. The Balaban J connectivity index is 1.51. The van der Waals surface area contributed by atoms with E-state index in [2.05, 4.69) is 124 Å². The number of carbonyl (C=O) groups is 1. The van der Waals surface area contributed by atoms with Gasteiger partial charge in [0.2, 0.25) is 5.91 Å². The summed E-state index contributed by atoms with van der Waals surface area (Å²) < 4.78 is 0. The summed E-state index contributed by atoms with van der Waals surface area (Å²) in [6.45, 7) is 1.53. The highest BCUT2D eigenvalue weighted by Crippen LogP contribution is 2.39. The number of hydrogen-bond acceptors (Lipinski definition) is 3. The maximum absolute atomic E-state index is 12.8. The van der Waals surface area contributed by atoms with Gasteiger partial charge in [-0.25, -0.2) is 9.97 Å². The molecule has 0 spiro atoms. The van der Waals surface area contributed by atoms with Gasteiger partial charge in [0.1, 0.15) is 0 Å². The van der Waals surface area contributed by atoms with E-state index >= 15 is 0 Å². The van der Waals surface area contributed by atoms with E-state index in [1.807, 2.05) is 54.6 Å². The van der Waals surface area contributed by atoms with Crippen molar-refractivity contribution in [2.24, 2.45) is 0 Å². The Hall–Kier alpha value is -7.05. The van der Waals surface area contributed by atoms with Gasteiger partial charge in [-0.2, -0.15) is 0 Å². The van der Waals surface area contributed by atoms with E-state index in [9.17, 15) is 4.79 Å². The highest BCUT2D eigenvalue weighted by molar-refractivity contribution is 6.03. The monoisotopic (exact) mass is 671 g/mol. The number of nitrogens with zero attached hydrogens (tertiary/aromatic N) is 2. The van der Waals surface area contributed by atoms with E-state index in [4.69, 9.17) is 9.97 Å². The van der Waals surface area contributed by atoms with E-state index in [0.717, 1.165) is 83.7 Å². The molecule has 0 aliphatic carbocycles. The van der Waals surface area contributed by atoms with E-state index in [0.29, 0.717) is 11.4 Å². The third-order valence-electron chi connectivity index (χ3n) is 9.42. The van der Waals surface area contributed by atoms with Crippen molar-refractivity contribution in [2.75, 3.05) is 0 Å². The molecule has 6 nitrogen and oxygen atoms in total. The number of rotatable bonds is 5. The summed E-state index contributed by atoms with van der Waals surface area (Å²) in [5.41, 5.74) is 15.2. The zero-order valence-electron chi connectivity index (χ0n) is 28.4. The van der Waals surface area contributed by atoms with Gasteiger partial charge in [0.25, 0.3) is 0 Å². The molecule has 0 fully saturated rings. The van der Waals surface area contributed by atoms with Gasteiger partial charge in [-0.3, -0.25) is 4.79 Å². The fourth-order valence-corrected chi connectivity index (χ4v) is 7.20. The summed E-state index contributed by atoms with van der Waals surface area (Å²) in [5.74, 6) is -0.172. The molecule has 0 atom stereocenters. The maximum Gasteiger partial charge on any atom is 0.221 e. The third-order valence-corrected chi connectivity index (χ3v) is 9.42. The molecule has 6 heteroatoms. The van der Waals surface area contributed by atoms with Gasteiger partial charge in [0.15, 0.2) is 0 Å². The fourth-order valence-electron chi connectivity index (χ4n) is 7.20. The van der Waals surface area contributed by atoms with Crippen LogP contribution in [0.1, 0.15) is 29.7 Å². The van der Waals surface area contributed by atoms with Gasteiger partial charge in [0.05, 0.1) is 28.5 Å². The SMILES string of the molecule is CC(=O)NC1=Cc2nc1c(-c1ccccc1)c1ccc([nH]1)c(-c1ccccc1)c1nc(c(-c3ccccc3)c3ccc([nH]3)c2-c2ccccc2)C=C1. The molecule has 8 bridgehead atoms. The lowest BCUT2D eigenvalue weighted by Crippen LogP contribution is -2.17. The molecule has 5 heterocycles. The quantitative estimate of drug-likeness (QED) is 0.170. The Kier molecular flexibility index (Phi) is 7.75. The first-order valence-corrected chi connectivity index (χ1v) is 17.3. The molecule has 0 unspecified atom stereocenters. The zero-order chi connectivity index (χ0) is 35.0. The number of benzene rings is 4. The van der Waals surface area contributed by atoms with Crippen LogP contribution in [-0.4, -0.2) is 25.8 Å². The number of H-pyrrole nitrogens is 2. The Labute approximate surface area is 300 Å². The van der Waals surface area contributed by atoms with Crippen molar-refractivity contribution in [3.63, 3.8) is 0 Å². The van der Waals surface area contributed by atoms with Crippen molar-refractivity contribution in [1.82, 2.24) is 25.3 Å². The molecule has 52 heavy (non-hydrogen) atoms. The van der Waals surface area contributed by atoms with Crippen LogP contribution in [0.2, 0.25) is 0 Å². The molecular formula is C46H33N5O. The summed E-state index contributed by atoms with van der Waals surface area (Å²) in [5, 5.41) is 3.11. The molecule has 0 saturated carbocycles. The zero-order valence-corrected chi connectivity index (χ0v) is 28.4. The highest BCUT2D eigenvalue weighted by Gasteiger charge is 2.23. The van der Waals surface area contributed by atoms with Crippen LogP contribution in [0.15, 0.2) is 146 Å². The summed E-state index contributed by atoms with van der Waals surface area (Å²) in [4.78, 5) is 31.0. The largest absolute Gasteiger partial charge is 0.354 e. The average Bonchev–Trinajstić information content (AvgIpc) is 4.01. The smallest absolute Gasteiger partial charge is 0.221 e. The Morgan fingerprint density at radius 1 is 0.462 bits per heavy atom. The lowest BCUT2D eigenvalue weighted by atomic mass is 10.0. The second kappa shape index (κ2) is 13.0. The molecule has 4 aromatic carbocycles. The fraction of sp³-hybridized carbons (Fsp3) is 0.0217. The van der Waals surface area contributed by atoms with Crippen molar-refractivity contribution in [1.29, 1.82) is 0 Å². The van der Waals surface area contributed by atoms with Crippen LogP contribution in [-0.2, 0) is 4.79 Å². The molecule has 2 aliphatic rings. The Bertz CT molecular complexity index is 2710. The third kappa shape index (κ3) is 5.62. The van der Waals surface area contributed by atoms with Crippen molar-refractivity contribution in [3.8, 4) is 44.5 Å². The number of fused-ring (bicyclic) bond motifs is 8. The predicted molar refractivity (Wildman–Crippen MR) is 213 cm³/mol. The number of carbonyl (C=O) groups excluding carboxylic acids is 1. The Morgan fingerprint density at radius 2 is 0.827 bits per heavy atom.